The summed E-state index contributed by atoms with van der Waals surface area (Å²) in [5.74, 6) is -2.62. The van der Waals surface area contributed by atoms with Crippen LogP contribution in [0.2, 0.25) is 0 Å². The molecule has 2 amide bonds. The molecule has 0 saturated heterocycles. The minimum Gasteiger partial charge on any atom is -0.548 e. The molecule has 1 aliphatic heterocycles. The van der Waals surface area contributed by atoms with E-state index < -0.39 is 24.3 Å². The summed E-state index contributed by atoms with van der Waals surface area (Å²) in [6, 6.07) is 11.1. The number of carbonyl (C=O) groups excluding carboxylic acids is 3. The van der Waals surface area contributed by atoms with E-state index in [2.05, 4.69) is 0 Å². The Kier molecular flexibility index (Phi) is 5.44. The van der Waals surface area contributed by atoms with Gasteiger partial charge >= 0.3 is 0 Å². The number of hydrogen-bond donors (Lipinski definition) is 1. The predicted molar refractivity (Wildman–Crippen MR) is 99.3 cm³/mol. The SMILES string of the molecule is CCCOc1ccc(/C=C2\C(=O)N(CC(=O)[O-])C(=O)c3ccccc32)c(O)c1. The molecule has 0 aliphatic carbocycles. The number of amides is 2. The number of carboxylic acid groups (broad SMARTS) is 1. The van der Waals surface area contributed by atoms with Gasteiger partial charge in [0.05, 0.1) is 19.1 Å². The van der Waals surface area contributed by atoms with E-state index in [-0.39, 0.29) is 16.9 Å². The molecule has 0 fully saturated rings. The van der Waals surface area contributed by atoms with E-state index in [0.717, 1.165) is 6.42 Å². The number of aliphatic carboxylic acids is 1. The van der Waals surface area contributed by atoms with Gasteiger partial charge in [0, 0.05) is 22.8 Å². The van der Waals surface area contributed by atoms with E-state index in [4.69, 9.17) is 4.74 Å². The van der Waals surface area contributed by atoms with Gasteiger partial charge in [-0.3, -0.25) is 14.5 Å². The second-order valence-electron chi connectivity index (χ2n) is 6.24. The molecular weight excluding hydrogens is 362 g/mol. The number of fused-ring (bicyclic) bond motifs is 1. The fraction of sp³-hybridized carbons (Fsp3) is 0.190. The average Bonchev–Trinajstić information content (AvgIpc) is 2.68. The van der Waals surface area contributed by atoms with E-state index >= 15 is 0 Å². The molecule has 0 saturated carbocycles. The fourth-order valence-electron chi connectivity index (χ4n) is 2.93. The molecule has 0 radical (unpaired) electrons. The number of carboxylic acids is 1. The molecule has 1 aliphatic rings. The van der Waals surface area contributed by atoms with E-state index in [1.54, 1.807) is 30.3 Å². The molecule has 0 unspecified atom stereocenters. The fourth-order valence-corrected chi connectivity index (χ4v) is 2.93. The Bertz CT molecular complexity index is 979. The number of rotatable bonds is 6. The van der Waals surface area contributed by atoms with Crippen molar-refractivity contribution in [2.75, 3.05) is 13.2 Å². The Morgan fingerprint density at radius 1 is 1.14 bits per heavy atom. The lowest BCUT2D eigenvalue weighted by atomic mass is 9.92. The smallest absolute Gasteiger partial charge is 0.261 e. The van der Waals surface area contributed by atoms with Gasteiger partial charge in [-0.15, -0.1) is 0 Å². The third-order valence-corrected chi connectivity index (χ3v) is 4.23. The second-order valence-corrected chi connectivity index (χ2v) is 6.24. The maximum absolute atomic E-state index is 12.8. The zero-order valence-corrected chi connectivity index (χ0v) is 15.2. The number of phenols is 1. The molecule has 144 valence electrons. The quantitative estimate of drug-likeness (QED) is 0.600. The van der Waals surface area contributed by atoms with Gasteiger partial charge in [-0.2, -0.15) is 0 Å². The second kappa shape index (κ2) is 7.96. The number of hydrogen-bond acceptors (Lipinski definition) is 6. The highest BCUT2D eigenvalue weighted by atomic mass is 16.5. The third-order valence-electron chi connectivity index (χ3n) is 4.23. The lowest BCUT2D eigenvalue weighted by Crippen LogP contribution is -2.47. The molecular formula is C21H18NO6-. The highest BCUT2D eigenvalue weighted by Crippen LogP contribution is 2.33. The van der Waals surface area contributed by atoms with Crippen molar-refractivity contribution in [3.8, 4) is 11.5 Å². The van der Waals surface area contributed by atoms with Crippen molar-refractivity contribution in [3.63, 3.8) is 0 Å². The van der Waals surface area contributed by atoms with Crippen molar-refractivity contribution >= 4 is 29.4 Å². The lowest BCUT2D eigenvalue weighted by molar-refractivity contribution is -0.305. The molecule has 3 rings (SSSR count). The van der Waals surface area contributed by atoms with E-state index in [9.17, 15) is 24.6 Å². The van der Waals surface area contributed by atoms with Gasteiger partial charge in [-0.25, -0.2) is 0 Å². The molecule has 0 aromatic heterocycles. The normalized spacial score (nSPS) is 14.9. The minimum atomic E-state index is -1.54. The van der Waals surface area contributed by atoms with Crippen LogP contribution in [0, 0.1) is 0 Å². The van der Waals surface area contributed by atoms with Crippen molar-refractivity contribution in [2.24, 2.45) is 0 Å². The number of benzene rings is 2. The summed E-state index contributed by atoms with van der Waals surface area (Å²) in [5, 5.41) is 21.3. The van der Waals surface area contributed by atoms with Gasteiger partial charge in [0.1, 0.15) is 11.5 Å². The first-order valence-electron chi connectivity index (χ1n) is 8.75. The topological polar surface area (TPSA) is 107 Å². The van der Waals surface area contributed by atoms with E-state index in [1.165, 1.54) is 18.2 Å². The standard InChI is InChI=1S/C21H19NO6/c1-2-9-28-14-8-7-13(18(23)11-14)10-17-15-5-3-4-6-16(15)20(26)22(21(17)27)12-19(24)25/h3-8,10-11,23H,2,9,12H2,1H3,(H,24,25)/p-1/b17-10-. The van der Waals surface area contributed by atoms with Crippen LogP contribution in [0.4, 0.5) is 0 Å². The van der Waals surface area contributed by atoms with Crippen molar-refractivity contribution in [3.05, 3.63) is 59.2 Å². The van der Waals surface area contributed by atoms with Crippen LogP contribution in [0.3, 0.4) is 0 Å². The first-order valence-corrected chi connectivity index (χ1v) is 8.75. The van der Waals surface area contributed by atoms with Crippen molar-refractivity contribution in [1.29, 1.82) is 0 Å². The van der Waals surface area contributed by atoms with Gasteiger partial charge < -0.3 is 19.7 Å². The molecule has 2 aromatic carbocycles. The zero-order chi connectivity index (χ0) is 20.3. The van der Waals surface area contributed by atoms with Crippen LogP contribution >= 0.6 is 0 Å². The zero-order valence-electron chi connectivity index (χ0n) is 15.2. The van der Waals surface area contributed by atoms with Gasteiger partial charge in [0.15, 0.2) is 0 Å². The first kappa shape index (κ1) is 19.2. The Labute approximate surface area is 161 Å². The summed E-state index contributed by atoms with van der Waals surface area (Å²) >= 11 is 0. The van der Waals surface area contributed by atoms with E-state index in [0.29, 0.717) is 28.4 Å². The van der Waals surface area contributed by atoms with Crippen molar-refractivity contribution in [2.45, 2.75) is 13.3 Å². The van der Waals surface area contributed by atoms with Gasteiger partial charge in [0.2, 0.25) is 0 Å². The Hall–Kier alpha value is -3.61. The largest absolute Gasteiger partial charge is 0.548 e. The monoisotopic (exact) mass is 380 g/mol. The molecule has 1 heterocycles. The molecule has 28 heavy (non-hydrogen) atoms. The Morgan fingerprint density at radius 3 is 2.50 bits per heavy atom. The van der Waals surface area contributed by atoms with Gasteiger partial charge in [0.25, 0.3) is 11.8 Å². The van der Waals surface area contributed by atoms with Gasteiger partial charge in [-0.1, -0.05) is 25.1 Å². The number of nitrogens with zero attached hydrogens (tertiary/aromatic N) is 1. The summed E-state index contributed by atoms with van der Waals surface area (Å²) in [6.45, 7) is 1.62. The molecule has 7 nitrogen and oxygen atoms in total. The van der Waals surface area contributed by atoms with Crippen LogP contribution in [0.5, 0.6) is 11.5 Å². The third kappa shape index (κ3) is 3.73. The van der Waals surface area contributed by atoms with Crippen LogP contribution in [-0.4, -0.2) is 40.9 Å². The number of carbonyl (C=O) groups is 3. The van der Waals surface area contributed by atoms with Crippen LogP contribution in [0.15, 0.2) is 42.5 Å². The number of imide groups is 1. The predicted octanol–water partition coefficient (Wildman–Crippen LogP) is 1.45. The molecule has 2 aromatic rings. The molecule has 0 bridgehead atoms. The lowest BCUT2D eigenvalue weighted by Gasteiger charge is -2.28. The summed E-state index contributed by atoms with van der Waals surface area (Å²) in [7, 11) is 0. The summed E-state index contributed by atoms with van der Waals surface area (Å²) in [6.07, 6.45) is 2.25. The molecule has 1 N–H and O–H groups in total. The number of aromatic hydroxyl groups is 1. The number of ether oxygens (including phenoxy) is 1. The highest BCUT2D eigenvalue weighted by molar-refractivity contribution is 6.34. The van der Waals surface area contributed by atoms with Gasteiger partial charge in [-0.05, 0) is 36.3 Å². The summed E-state index contributed by atoms with van der Waals surface area (Å²) < 4.78 is 5.46. The maximum Gasteiger partial charge on any atom is 0.261 e. The summed E-state index contributed by atoms with van der Waals surface area (Å²) in [5.41, 5.74) is 1.02. The van der Waals surface area contributed by atoms with Crippen molar-refractivity contribution < 1.29 is 29.3 Å². The van der Waals surface area contributed by atoms with E-state index in [1.807, 2.05) is 6.92 Å². The van der Waals surface area contributed by atoms with Crippen molar-refractivity contribution in [1.82, 2.24) is 4.90 Å². The Balaban J connectivity index is 2.06. The van der Waals surface area contributed by atoms with Crippen LogP contribution in [0.1, 0.15) is 34.8 Å². The minimum absolute atomic E-state index is 0.102. The maximum atomic E-state index is 12.8. The Morgan fingerprint density at radius 2 is 1.86 bits per heavy atom. The summed E-state index contributed by atoms with van der Waals surface area (Å²) in [4.78, 5) is 36.9. The molecule has 7 heteroatoms. The first-order chi connectivity index (χ1) is 13.4. The van der Waals surface area contributed by atoms with Crippen LogP contribution in [0.25, 0.3) is 11.6 Å². The molecule has 0 spiro atoms. The van der Waals surface area contributed by atoms with Crippen LogP contribution < -0.4 is 9.84 Å². The van der Waals surface area contributed by atoms with Crippen LogP contribution in [-0.2, 0) is 9.59 Å². The molecule has 0 atom stereocenters. The average molecular weight is 380 g/mol. The highest BCUT2D eigenvalue weighted by Gasteiger charge is 2.34. The number of phenolic OH excluding ortho intramolecular Hbond substituents is 1.